The number of carbonyl (C=O) groups excluding carboxylic acids is 2. The maximum absolute atomic E-state index is 12.3. The zero-order valence-electron chi connectivity index (χ0n) is 15.1. The molecular formula is C20H19N5O2. The molecule has 0 amide bonds. The van der Waals surface area contributed by atoms with Gasteiger partial charge < -0.3 is 5.73 Å². The number of rotatable bonds is 2. The third kappa shape index (κ3) is 3.28. The summed E-state index contributed by atoms with van der Waals surface area (Å²) in [5.41, 5.74) is 9.30. The molecule has 1 fully saturated rings. The second kappa shape index (κ2) is 6.19. The van der Waals surface area contributed by atoms with Gasteiger partial charge in [-0.1, -0.05) is 26.0 Å². The summed E-state index contributed by atoms with van der Waals surface area (Å²) < 4.78 is 0. The molecule has 4 rings (SSSR count). The fraction of sp³-hybridized carbons (Fsp3) is 0.300. The SMILES string of the molecule is CC1(C)CC(=O)C(N=Nc2cc3nc4ccccc4nc3cc2N)C(=O)C1. The van der Waals surface area contributed by atoms with E-state index in [-0.39, 0.29) is 17.0 Å². The van der Waals surface area contributed by atoms with E-state index < -0.39 is 6.04 Å². The van der Waals surface area contributed by atoms with Gasteiger partial charge in [-0.05, 0) is 29.7 Å². The monoisotopic (exact) mass is 361 g/mol. The van der Waals surface area contributed by atoms with E-state index in [9.17, 15) is 9.59 Å². The van der Waals surface area contributed by atoms with Crippen LogP contribution in [0.3, 0.4) is 0 Å². The molecule has 2 N–H and O–H groups in total. The molecule has 0 spiro atoms. The lowest BCUT2D eigenvalue weighted by Gasteiger charge is -2.29. The van der Waals surface area contributed by atoms with Gasteiger partial charge in [-0.3, -0.25) is 9.59 Å². The quantitative estimate of drug-likeness (QED) is 0.323. The fourth-order valence-electron chi connectivity index (χ4n) is 3.39. The normalized spacial score (nSPS) is 18.0. The summed E-state index contributed by atoms with van der Waals surface area (Å²) >= 11 is 0. The Kier molecular flexibility index (Phi) is 3.95. The average molecular weight is 361 g/mol. The number of nitrogens with two attached hydrogens (primary N) is 1. The highest BCUT2D eigenvalue weighted by Crippen LogP contribution is 2.34. The van der Waals surface area contributed by atoms with E-state index in [1.165, 1.54) is 0 Å². The molecule has 7 heteroatoms. The van der Waals surface area contributed by atoms with Crippen molar-refractivity contribution in [3.05, 3.63) is 36.4 Å². The molecule has 2 aromatic carbocycles. The lowest BCUT2D eigenvalue weighted by Crippen LogP contribution is -2.40. The maximum atomic E-state index is 12.3. The van der Waals surface area contributed by atoms with Crippen LogP contribution in [-0.2, 0) is 9.59 Å². The predicted molar refractivity (Wildman–Crippen MR) is 103 cm³/mol. The minimum Gasteiger partial charge on any atom is -0.397 e. The number of benzene rings is 2. The summed E-state index contributed by atoms with van der Waals surface area (Å²) in [6.45, 7) is 3.81. The third-order valence-electron chi connectivity index (χ3n) is 4.68. The number of nitrogens with zero attached hydrogens (tertiary/aromatic N) is 4. The first-order valence-corrected chi connectivity index (χ1v) is 8.75. The molecule has 1 aliphatic rings. The third-order valence-corrected chi connectivity index (χ3v) is 4.68. The Hall–Kier alpha value is -3.22. The van der Waals surface area contributed by atoms with Gasteiger partial charge in [-0.2, -0.15) is 10.2 Å². The average Bonchev–Trinajstić information content (AvgIpc) is 2.58. The minimum absolute atomic E-state index is 0.204. The Morgan fingerprint density at radius 2 is 1.52 bits per heavy atom. The number of aromatic nitrogens is 2. The molecule has 27 heavy (non-hydrogen) atoms. The van der Waals surface area contributed by atoms with Crippen molar-refractivity contribution in [1.29, 1.82) is 0 Å². The van der Waals surface area contributed by atoms with Crippen molar-refractivity contribution < 1.29 is 9.59 Å². The summed E-state index contributed by atoms with van der Waals surface area (Å²) in [7, 11) is 0. The minimum atomic E-state index is -1.05. The van der Waals surface area contributed by atoms with Crippen molar-refractivity contribution in [2.45, 2.75) is 32.7 Å². The second-order valence-corrected chi connectivity index (χ2v) is 7.68. The summed E-state index contributed by atoms with van der Waals surface area (Å²) in [5, 5.41) is 8.11. The lowest BCUT2D eigenvalue weighted by atomic mass is 9.74. The van der Waals surface area contributed by atoms with E-state index >= 15 is 0 Å². The topological polar surface area (TPSA) is 111 Å². The Bertz CT molecular complexity index is 1100. The highest BCUT2D eigenvalue weighted by atomic mass is 16.2. The number of ketones is 2. The van der Waals surface area contributed by atoms with Crippen LogP contribution in [0.2, 0.25) is 0 Å². The number of carbonyl (C=O) groups is 2. The number of hydrogen-bond acceptors (Lipinski definition) is 7. The zero-order valence-corrected chi connectivity index (χ0v) is 15.1. The fourth-order valence-corrected chi connectivity index (χ4v) is 3.39. The van der Waals surface area contributed by atoms with Crippen LogP contribution in [0, 0.1) is 5.41 Å². The van der Waals surface area contributed by atoms with Gasteiger partial charge in [0.25, 0.3) is 0 Å². The van der Waals surface area contributed by atoms with Crippen LogP contribution in [0.5, 0.6) is 0 Å². The van der Waals surface area contributed by atoms with Crippen molar-refractivity contribution in [3.63, 3.8) is 0 Å². The van der Waals surface area contributed by atoms with Crippen LogP contribution in [-0.4, -0.2) is 27.6 Å². The Balaban J connectivity index is 1.70. The van der Waals surface area contributed by atoms with Gasteiger partial charge in [0.1, 0.15) is 5.69 Å². The lowest BCUT2D eigenvalue weighted by molar-refractivity contribution is -0.135. The van der Waals surface area contributed by atoms with Gasteiger partial charge >= 0.3 is 0 Å². The van der Waals surface area contributed by atoms with Crippen molar-refractivity contribution >= 4 is 45.0 Å². The maximum Gasteiger partial charge on any atom is 0.187 e. The van der Waals surface area contributed by atoms with Gasteiger partial charge in [-0.15, -0.1) is 0 Å². The Labute approximate surface area is 155 Å². The summed E-state index contributed by atoms with van der Waals surface area (Å²) in [6.07, 6.45) is 0.625. The van der Waals surface area contributed by atoms with Crippen LogP contribution >= 0.6 is 0 Å². The van der Waals surface area contributed by atoms with Crippen LogP contribution in [0.4, 0.5) is 11.4 Å². The number of nitrogen functional groups attached to an aromatic ring is 1. The molecule has 0 radical (unpaired) electrons. The first kappa shape index (κ1) is 17.2. The predicted octanol–water partition coefficient (Wildman–Crippen LogP) is 3.78. The van der Waals surface area contributed by atoms with Crippen molar-refractivity contribution in [3.8, 4) is 0 Å². The second-order valence-electron chi connectivity index (χ2n) is 7.68. The smallest absolute Gasteiger partial charge is 0.187 e. The molecule has 0 unspecified atom stereocenters. The van der Waals surface area contributed by atoms with E-state index in [1.807, 2.05) is 38.1 Å². The highest BCUT2D eigenvalue weighted by molar-refractivity contribution is 6.09. The number of fused-ring (bicyclic) bond motifs is 2. The van der Waals surface area contributed by atoms with E-state index in [0.29, 0.717) is 35.2 Å². The molecule has 0 aliphatic heterocycles. The van der Waals surface area contributed by atoms with Gasteiger partial charge in [0.05, 0.1) is 27.8 Å². The molecule has 1 heterocycles. The molecule has 1 aromatic heterocycles. The Morgan fingerprint density at radius 1 is 0.963 bits per heavy atom. The molecule has 1 saturated carbocycles. The van der Waals surface area contributed by atoms with E-state index in [2.05, 4.69) is 20.2 Å². The van der Waals surface area contributed by atoms with Gasteiger partial charge in [0.15, 0.2) is 17.6 Å². The first-order chi connectivity index (χ1) is 12.8. The van der Waals surface area contributed by atoms with Crippen LogP contribution < -0.4 is 5.73 Å². The van der Waals surface area contributed by atoms with Crippen LogP contribution in [0.1, 0.15) is 26.7 Å². The zero-order chi connectivity index (χ0) is 19.2. The van der Waals surface area contributed by atoms with Gasteiger partial charge in [0, 0.05) is 12.8 Å². The van der Waals surface area contributed by atoms with Crippen molar-refractivity contribution in [2.75, 3.05) is 5.73 Å². The highest BCUT2D eigenvalue weighted by Gasteiger charge is 2.39. The molecule has 1 aliphatic carbocycles. The summed E-state index contributed by atoms with van der Waals surface area (Å²) in [5.74, 6) is -0.407. The molecule has 136 valence electrons. The van der Waals surface area contributed by atoms with E-state index in [4.69, 9.17) is 5.73 Å². The molecule has 0 bridgehead atoms. The van der Waals surface area contributed by atoms with E-state index in [1.54, 1.807) is 12.1 Å². The van der Waals surface area contributed by atoms with Crippen LogP contribution in [0.15, 0.2) is 46.6 Å². The largest absolute Gasteiger partial charge is 0.397 e. The molecule has 0 saturated heterocycles. The summed E-state index contributed by atoms with van der Waals surface area (Å²) in [6, 6.07) is 9.85. The molecule has 7 nitrogen and oxygen atoms in total. The molecule has 0 atom stereocenters. The summed E-state index contributed by atoms with van der Waals surface area (Å²) in [4.78, 5) is 33.6. The number of azo groups is 1. The Morgan fingerprint density at radius 3 is 2.11 bits per heavy atom. The number of Topliss-reactive ketones (excluding diaryl/α,β-unsaturated/α-hetero) is 2. The number of para-hydroxylation sites is 2. The standard InChI is InChI=1S/C20H19N5O2/c1-20(2)9-17(26)19(18(27)10-20)25-24-14-8-16-15(7-11(14)21)22-12-5-3-4-6-13(12)23-16/h3-8,19H,9-10,21H2,1-2H3. The van der Waals surface area contributed by atoms with E-state index in [0.717, 1.165) is 11.0 Å². The van der Waals surface area contributed by atoms with Crippen molar-refractivity contribution in [2.24, 2.45) is 15.6 Å². The van der Waals surface area contributed by atoms with Crippen molar-refractivity contribution in [1.82, 2.24) is 9.97 Å². The number of anilines is 1. The van der Waals surface area contributed by atoms with Crippen LogP contribution in [0.25, 0.3) is 22.1 Å². The first-order valence-electron chi connectivity index (χ1n) is 8.75. The number of hydrogen-bond donors (Lipinski definition) is 1. The molecular weight excluding hydrogens is 342 g/mol. The van der Waals surface area contributed by atoms with Gasteiger partial charge in [-0.25, -0.2) is 9.97 Å². The molecule has 3 aromatic rings. The van der Waals surface area contributed by atoms with Gasteiger partial charge in [0.2, 0.25) is 0 Å².